The van der Waals surface area contributed by atoms with Crippen LogP contribution in [0, 0.1) is 0 Å². The average molecular weight is 389 g/mol. The Labute approximate surface area is 149 Å². The van der Waals surface area contributed by atoms with E-state index >= 15 is 0 Å². The Bertz CT molecular complexity index is 843. The molecule has 9 heteroatoms. The third-order valence-electron chi connectivity index (χ3n) is 3.97. The molecule has 0 saturated heterocycles. The van der Waals surface area contributed by atoms with Crippen LogP contribution < -0.4 is 5.32 Å². The maximum atomic E-state index is 12.4. The summed E-state index contributed by atoms with van der Waals surface area (Å²) in [5, 5.41) is 2.89. The molecule has 0 aromatic carbocycles. The number of nitrogens with one attached hydrogen (secondary N) is 1. The molecule has 1 N–H and O–H groups in total. The zero-order valence-electron chi connectivity index (χ0n) is 13.0. The van der Waals surface area contributed by atoms with E-state index in [1.165, 1.54) is 19.2 Å². The fraction of sp³-hybridized carbons (Fsp3) is 0.400. The van der Waals surface area contributed by atoms with E-state index in [1.807, 2.05) is 6.07 Å². The van der Waals surface area contributed by atoms with E-state index in [4.69, 9.17) is 16.0 Å². The fourth-order valence-corrected chi connectivity index (χ4v) is 5.57. The molecular weight excluding hydrogens is 372 g/mol. The van der Waals surface area contributed by atoms with Crippen LogP contribution in [-0.2, 0) is 21.2 Å². The van der Waals surface area contributed by atoms with E-state index in [1.54, 1.807) is 6.26 Å². The van der Waals surface area contributed by atoms with Crippen LogP contribution in [0.15, 0.2) is 33.1 Å². The lowest BCUT2D eigenvalue weighted by Gasteiger charge is -2.24. The van der Waals surface area contributed by atoms with Gasteiger partial charge < -0.3 is 9.73 Å². The number of hydrogen-bond acceptors (Lipinski definition) is 5. The molecule has 130 valence electrons. The van der Waals surface area contributed by atoms with Gasteiger partial charge >= 0.3 is 0 Å². The largest absolute Gasteiger partial charge is 0.469 e. The molecule has 0 spiro atoms. The minimum Gasteiger partial charge on any atom is -0.469 e. The number of rotatable bonds is 5. The minimum atomic E-state index is -3.72. The Kier molecular flexibility index (Phi) is 5.00. The lowest BCUT2D eigenvalue weighted by atomic mass is 9.93. The zero-order valence-corrected chi connectivity index (χ0v) is 15.4. The normalized spacial score (nSPS) is 17.7. The number of likely N-dealkylation sites (N-methyl/N-ethyl adjacent to an activating group) is 1. The van der Waals surface area contributed by atoms with Crippen LogP contribution in [0.1, 0.15) is 30.2 Å². The van der Waals surface area contributed by atoms with Gasteiger partial charge in [-0.2, -0.15) is 4.31 Å². The van der Waals surface area contributed by atoms with Crippen molar-refractivity contribution in [2.45, 2.75) is 29.5 Å². The number of fused-ring (bicyclic) bond motifs is 1. The third kappa shape index (κ3) is 3.51. The second-order valence-corrected chi connectivity index (χ2v) is 9.62. The minimum absolute atomic E-state index is 0.123. The van der Waals surface area contributed by atoms with Crippen LogP contribution in [0.3, 0.4) is 0 Å². The van der Waals surface area contributed by atoms with Crippen molar-refractivity contribution in [3.8, 4) is 0 Å². The molecule has 0 saturated carbocycles. The summed E-state index contributed by atoms with van der Waals surface area (Å²) in [6.07, 6.45) is 4.22. The first-order chi connectivity index (χ1) is 11.4. The molecule has 2 aromatic heterocycles. The number of thiophene rings is 1. The quantitative estimate of drug-likeness (QED) is 0.854. The van der Waals surface area contributed by atoms with Gasteiger partial charge in [0.25, 0.3) is 10.0 Å². The van der Waals surface area contributed by atoms with Gasteiger partial charge in [0.1, 0.15) is 9.97 Å². The molecule has 1 aliphatic carbocycles. The van der Waals surface area contributed by atoms with Crippen molar-refractivity contribution >= 4 is 38.9 Å². The average Bonchev–Trinajstić information content (AvgIpc) is 3.16. The topological polar surface area (TPSA) is 79.6 Å². The molecular formula is C15H17ClN2O4S2. The number of amides is 1. The molecule has 2 heterocycles. The van der Waals surface area contributed by atoms with Gasteiger partial charge in [0, 0.05) is 19.0 Å². The summed E-state index contributed by atoms with van der Waals surface area (Å²) in [7, 11) is -2.33. The van der Waals surface area contributed by atoms with Crippen LogP contribution in [0.2, 0.25) is 4.34 Å². The number of nitrogens with zero attached hydrogens (tertiary/aromatic N) is 1. The molecule has 1 aliphatic rings. The molecule has 0 bridgehead atoms. The molecule has 1 unspecified atom stereocenters. The van der Waals surface area contributed by atoms with Gasteiger partial charge in [0.05, 0.1) is 23.2 Å². The van der Waals surface area contributed by atoms with Crippen molar-refractivity contribution in [2.75, 3.05) is 13.6 Å². The molecule has 1 atom stereocenters. The third-order valence-corrected chi connectivity index (χ3v) is 7.47. The monoisotopic (exact) mass is 388 g/mol. The molecule has 1 amide bonds. The number of carbonyl (C=O) groups is 1. The number of sulfonamides is 1. The SMILES string of the molecule is CN(CC(=O)NC1CCCc2occc21)S(=O)(=O)c1ccc(Cl)s1. The molecule has 6 nitrogen and oxygen atoms in total. The van der Waals surface area contributed by atoms with Crippen molar-refractivity contribution in [1.82, 2.24) is 9.62 Å². The molecule has 0 aliphatic heterocycles. The van der Waals surface area contributed by atoms with Crippen LogP contribution >= 0.6 is 22.9 Å². The lowest BCUT2D eigenvalue weighted by molar-refractivity contribution is -0.122. The highest BCUT2D eigenvalue weighted by Gasteiger charge is 2.28. The molecule has 2 aromatic rings. The van der Waals surface area contributed by atoms with Crippen LogP contribution in [0.4, 0.5) is 0 Å². The van der Waals surface area contributed by atoms with Gasteiger partial charge in [-0.15, -0.1) is 11.3 Å². The highest BCUT2D eigenvalue weighted by Crippen LogP contribution is 2.30. The van der Waals surface area contributed by atoms with Crippen LogP contribution in [0.25, 0.3) is 0 Å². The standard InChI is InChI=1S/C15H17ClN2O4S2/c1-18(24(20,21)15-6-5-13(16)23-15)9-14(19)17-11-3-2-4-12-10(11)7-8-22-12/h5-8,11H,2-4,9H2,1H3,(H,17,19). The van der Waals surface area contributed by atoms with Gasteiger partial charge in [0.2, 0.25) is 5.91 Å². The summed E-state index contributed by atoms with van der Waals surface area (Å²) in [5.41, 5.74) is 0.977. The van der Waals surface area contributed by atoms with Gasteiger partial charge in [-0.25, -0.2) is 8.42 Å². The summed E-state index contributed by atoms with van der Waals surface area (Å²) in [5.74, 6) is 0.545. The van der Waals surface area contributed by atoms with Crippen molar-refractivity contribution in [1.29, 1.82) is 0 Å². The Morgan fingerprint density at radius 1 is 1.46 bits per heavy atom. The van der Waals surface area contributed by atoms with Crippen molar-refractivity contribution < 1.29 is 17.6 Å². The first-order valence-electron chi connectivity index (χ1n) is 7.45. The van der Waals surface area contributed by atoms with Crippen molar-refractivity contribution in [2.24, 2.45) is 0 Å². The molecule has 0 radical (unpaired) electrons. The van der Waals surface area contributed by atoms with Crippen molar-refractivity contribution in [3.05, 3.63) is 40.1 Å². The number of furan rings is 1. The van der Waals surface area contributed by atoms with E-state index in [9.17, 15) is 13.2 Å². The Morgan fingerprint density at radius 3 is 2.96 bits per heavy atom. The predicted octanol–water partition coefficient (Wildman–Crippen LogP) is 2.81. The highest BCUT2D eigenvalue weighted by atomic mass is 35.5. The van der Waals surface area contributed by atoms with Crippen molar-refractivity contribution in [3.63, 3.8) is 0 Å². The number of hydrogen-bond donors (Lipinski definition) is 1. The van der Waals surface area contributed by atoms with E-state index in [0.29, 0.717) is 4.34 Å². The maximum absolute atomic E-state index is 12.4. The zero-order chi connectivity index (χ0) is 17.3. The Hall–Kier alpha value is -1.35. The molecule has 24 heavy (non-hydrogen) atoms. The Morgan fingerprint density at radius 2 is 2.25 bits per heavy atom. The van der Waals surface area contributed by atoms with E-state index in [-0.39, 0.29) is 22.7 Å². The van der Waals surface area contributed by atoms with Crippen LogP contribution in [0.5, 0.6) is 0 Å². The second-order valence-electron chi connectivity index (χ2n) is 5.63. The summed E-state index contributed by atoms with van der Waals surface area (Å²) < 4.78 is 31.8. The highest BCUT2D eigenvalue weighted by molar-refractivity contribution is 7.91. The number of aryl methyl sites for hydroxylation is 1. The van der Waals surface area contributed by atoms with E-state index in [2.05, 4.69) is 5.32 Å². The smallest absolute Gasteiger partial charge is 0.252 e. The van der Waals surface area contributed by atoms with Gasteiger partial charge in [0.15, 0.2) is 0 Å². The van der Waals surface area contributed by atoms with E-state index in [0.717, 1.165) is 46.2 Å². The predicted molar refractivity (Wildman–Crippen MR) is 91.7 cm³/mol. The first-order valence-corrected chi connectivity index (χ1v) is 10.1. The van der Waals surface area contributed by atoms with Gasteiger partial charge in [-0.3, -0.25) is 4.79 Å². The molecule has 0 fully saturated rings. The molecule has 3 rings (SSSR count). The second kappa shape index (κ2) is 6.87. The maximum Gasteiger partial charge on any atom is 0.252 e. The van der Waals surface area contributed by atoms with Gasteiger partial charge in [-0.1, -0.05) is 11.6 Å². The summed E-state index contributed by atoms with van der Waals surface area (Å²) in [6, 6.07) is 4.69. The number of carbonyl (C=O) groups excluding carboxylic acids is 1. The summed E-state index contributed by atoms with van der Waals surface area (Å²) >= 11 is 6.76. The van der Waals surface area contributed by atoms with E-state index < -0.39 is 10.0 Å². The fourth-order valence-electron chi connectivity index (χ4n) is 2.75. The van der Waals surface area contributed by atoms with Crippen LogP contribution in [-0.4, -0.2) is 32.2 Å². The first kappa shape index (κ1) is 17.5. The Balaban J connectivity index is 1.65. The lowest BCUT2D eigenvalue weighted by Crippen LogP contribution is -2.40. The summed E-state index contributed by atoms with van der Waals surface area (Å²) in [6.45, 7) is -0.248. The number of halogens is 1. The summed E-state index contributed by atoms with van der Waals surface area (Å²) in [4.78, 5) is 12.3. The van der Waals surface area contributed by atoms with Gasteiger partial charge in [-0.05, 0) is 31.0 Å².